The van der Waals surface area contributed by atoms with Crippen molar-refractivity contribution in [2.75, 3.05) is 19.9 Å². The first-order valence-electron chi connectivity index (χ1n) is 14.8. The van der Waals surface area contributed by atoms with Crippen molar-refractivity contribution in [3.05, 3.63) is 70.8 Å². The molecule has 2 saturated heterocycles. The van der Waals surface area contributed by atoms with E-state index < -0.39 is 90.1 Å². The van der Waals surface area contributed by atoms with E-state index >= 15 is 0 Å². The summed E-state index contributed by atoms with van der Waals surface area (Å²) in [5.41, 5.74) is 5.40. The Labute approximate surface area is 270 Å². The van der Waals surface area contributed by atoms with Gasteiger partial charge in [0.15, 0.2) is 0 Å². The van der Waals surface area contributed by atoms with Crippen LogP contribution in [0.5, 0.6) is 0 Å². The molecule has 4 rings (SSSR count). The monoisotopic (exact) mass is 688 g/mol. The molecule has 5 N–H and O–H groups in total. The molecule has 17 heteroatoms. The SMILES string of the molecule is C[C@@H](OC[C@@]1(c2ccccc2)CC[C@]2(CCC(=O)N2)CN1C(=O)OCOC(=O)C(N)CC(N)=O)c1cc(C(F)(F)F)cc(C(F)(F)F)c1. The van der Waals surface area contributed by atoms with Crippen LogP contribution in [0.2, 0.25) is 0 Å². The number of amides is 3. The molecule has 2 aromatic rings. The molecule has 2 heterocycles. The first-order valence-corrected chi connectivity index (χ1v) is 14.8. The van der Waals surface area contributed by atoms with Crippen molar-refractivity contribution in [3.63, 3.8) is 0 Å². The maximum atomic E-state index is 13.8. The van der Waals surface area contributed by atoms with Crippen LogP contribution in [0.3, 0.4) is 0 Å². The fourth-order valence-corrected chi connectivity index (χ4v) is 5.91. The van der Waals surface area contributed by atoms with Gasteiger partial charge in [-0.3, -0.25) is 19.3 Å². The van der Waals surface area contributed by atoms with Crippen LogP contribution in [0.15, 0.2) is 48.5 Å². The predicted octanol–water partition coefficient (Wildman–Crippen LogP) is 4.28. The molecule has 11 nitrogen and oxygen atoms in total. The highest BCUT2D eigenvalue weighted by molar-refractivity contribution is 5.84. The van der Waals surface area contributed by atoms with Crippen LogP contribution < -0.4 is 16.8 Å². The normalized spacial score (nSPS) is 22.6. The van der Waals surface area contributed by atoms with Gasteiger partial charge in [0.25, 0.3) is 0 Å². The van der Waals surface area contributed by atoms with E-state index in [4.69, 9.17) is 25.7 Å². The van der Waals surface area contributed by atoms with Crippen molar-refractivity contribution >= 4 is 23.9 Å². The molecule has 262 valence electrons. The standard InChI is InChI=1S/C31H34F6N4O7/c1-18(19-11-21(30(32,33)34)13-22(12-19)31(35,36)37)46-16-29(20-5-3-2-4-6-20)10-9-28(8-7-25(43)40-28)15-41(29)27(45)48-17-47-26(44)23(38)14-24(39)42/h2-6,11-13,18,23H,7-10,14-17,38H2,1H3,(H2,39,42)(H,40,43)/t18-,23?,28-,29-/m1/s1. The molecule has 3 amide bonds. The number of nitrogens with zero attached hydrogens (tertiary/aromatic N) is 1. The summed E-state index contributed by atoms with van der Waals surface area (Å²) >= 11 is 0. The Morgan fingerprint density at radius 3 is 2.12 bits per heavy atom. The van der Waals surface area contributed by atoms with Crippen LogP contribution in [0, 0.1) is 0 Å². The third-order valence-electron chi connectivity index (χ3n) is 8.52. The van der Waals surface area contributed by atoms with Gasteiger partial charge in [-0.15, -0.1) is 0 Å². The maximum Gasteiger partial charge on any atom is 0.416 e. The minimum absolute atomic E-state index is 0.0173. The number of carbonyl (C=O) groups excluding carboxylic acids is 4. The summed E-state index contributed by atoms with van der Waals surface area (Å²) in [5.74, 6) is -2.19. The molecule has 1 spiro atoms. The van der Waals surface area contributed by atoms with Gasteiger partial charge < -0.3 is 31.0 Å². The molecule has 2 fully saturated rings. The first-order chi connectivity index (χ1) is 22.3. The molecule has 0 saturated carbocycles. The smallest absolute Gasteiger partial charge is 0.416 e. The van der Waals surface area contributed by atoms with Gasteiger partial charge in [-0.2, -0.15) is 26.3 Å². The molecular formula is C31H34F6N4O7. The van der Waals surface area contributed by atoms with Gasteiger partial charge in [-0.1, -0.05) is 30.3 Å². The highest BCUT2D eigenvalue weighted by Crippen LogP contribution is 2.45. The number of likely N-dealkylation sites (tertiary alicyclic amines) is 1. The number of hydrogen-bond donors (Lipinski definition) is 3. The molecule has 0 aromatic heterocycles. The molecular weight excluding hydrogens is 654 g/mol. The molecule has 0 radical (unpaired) electrons. The number of primary amides is 1. The van der Waals surface area contributed by atoms with E-state index in [0.29, 0.717) is 30.5 Å². The van der Waals surface area contributed by atoms with Gasteiger partial charge in [0.1, 0.15) is 6.04 Å². The Morgan fingerprint density at radius 1 is 0.958 bits per heavy atom. The second-order valence-electron chi connectivity index (χ2n) is 11.9. The van der Waals surface area contributed by atoms with Crippen molar-refractivity contribution in [2.45, 2.75) is 74.6 Å². The fraction of sp³-hybridized carbons (Fsp3) is 0.484. The molecule has 0 bridgehead atoms. The predicted molar refractivity (Wildman–Crippen MR) is 154 cm³/mol. The third kappa shape index (κ3) is 8.36. The molecule has 1 unspecified atom stereocenters. The average Bonchev–Trinajstić information content (AvgIpc) is 3.38. The van der Waals surface area contributed by atoms with E-state index in [1.54, 1.807) is 30.3 Å². The van der Waals surface area contributed by atoms with E-state index in [1.807, 2.05) is 0 Å². The Kier molecular flexibility index (Phi) is 10.6. The maximum absolute atomic E-state index is 13.8. The van der Waals surface area contributed by atoms with E-state index in [2.05, 4.69) is 5.32 Å². The summed E-state index contributed by atoms with van der Waals surface area (Å²) in [7, 11) is 0. The van der Waals surface area contributed by atoms with Gasteiger partial charge in [0, 0.05) is 13.0 Å². The zero-order valence-corrected chi connectivity index (χ0v) is 25.7. The van der Waals surface area contributed by atoms with Crippen LogP contribution in [0.25, 0.3) is 0 Å². The van der Waals surface area contributed by atoms with Crippen molar-refractivity contribution < 1.29 is 59.7 Å². The zero-order chi connectivity index (χ0) is 35.5. The van der Waals surface area contributed by atoms with Gasteiger partial charge >= 0.3 is 24.4 Å². The summed E-state index contributed by atoms with van der Waals surface area (Å²) in [4.78, 5) is 50.5. The van der Waals surface area contributed by atoms with Crippen LogP contribution in [-0.2, 0) is 46.5 Å². The van der Waals surface area contributed by atoms with Gasteiger partial charge in [-0.25, -0.2) is 4.79 Å². The summed E-state index contributed by atoms with van der Waals surface area (Å²) in [5, 5.41) is 2.89. The number of esters is 1. The Bertz CT molecular complexity index is 1490. The number of carbonyl (C=O) groups is 4. The number of alkyl halides is 6. The number of benzene rings is 2. The number of halogens is 6. The zero-order valence-electron chi connectivity index (χ0n) is 25.7. The second-order valence-corrected chi connectivity index (χ2v) is 11.9. The summed E-state index contributed by atoms with van der Waals surface area (Å²) in [6, 6.07) is 8.09. The highest BCUT2D eigenvalue weighted by atomic mass is 19.4. The highest BCUT2D eigenvalue weighted by Gasteiger charge is 2.54. The molecule has 2 aliphatic heterocycles. The molecule has 4 atom stereocenters. The van der Waals surface area contributed by atoms with E-state index in [1.165, 1.54) is 11.8 Å². The fourth-order valence-electron chi connectivity index (χ4n) is 5.91. The first kappa shape index (κ1) is 36.5. The van der Waals surface area contributed by atoms with E-state index in [0.717, 1.165) is 0 Å². The Hall–Kier alpha value is -4.38. The minimum atomic E-state index is -5.07. The quantitative estimate of drug-likeness (QED) is 0.189. The lowest BCUT2D eigenvalue weighted by Gasteiger charge is -2.52. The summed E-state index contributed by atoms with van der Waals surface area (Å²) < 4.78 is 97.6. The topological polar surface area (TPSA) is 163 Å². The van der Waals surface area contributed by atoms with Crippen LogP contribution in [0.1, 0.15) is 67.4 Å². The number of piperidine rings is 1. The number of nitrogens with two attached hydrogens (primary N) is 2. The van der Waals surface area contributed by atoms with E-state index in [9.17, 15) is 45.5 Å². The molecule has 48 heavy (non-hydrogen) atoms. The molecule has 2 aromatic carbocycles. The van der Waals surface area contributed by atoms with Crippen LogP contribution in [0.4, 0.5) is 31.1 Å². The summed E-state index contributed by atoms with van der Waals surface area (Å²) in [6.45, 7) is -0.181. The molecule has 0 aliphatic carbocycles. The summed E-state index contributed by atoms with van der Waals surface area (Å²) in [6.07, 6.45) is -12.0. The number of nitrogens with one attached hydrogen (secondary N) is 1. The largest absolute Gasteiger partial charge is 0.427 e. The van der Waals surface area contributed by atoms with Crippen molar-refractivity contribution in [3.8, 4) is 0 Å². The van der Waals surface area contributed by atoms with Crippen molar-refractivity contribution in [2.24, 2.45) is 11.5 Å². The number of hydrogen-bond acceptors (Lipinski definition) is 8. The Morgan fingerprint density at radius 2 is 1.58 bits per heavy atom. The van der Waals surface area contributed by atoms with Crippen LogP contribution in [-0.4, -0.2) is 60.3 Å². The lowest BCUT2D eigenvalue weighted by molar-refractivity contribution is -0.156. The Balaban J connectivity index is 1.66. The third-order valence-corrected chi connectivity index (χ3v) is 8.52. The lowest BCUT2D eigenvalue weighted by atomic mass is 9.74. The van der Waals surface area contributed by atoms with Gasteiger partial charge in [-0.05, 0) is 55.5 Å². The molecule has 2 aliphatic rings. The van der Waals surface area contributed by atoms with Crippen molar-refractivity contribution in [1.82, 2.24) is 10.2 Å². The number of ether oxygens (including phenoxy) is 3. The van der Waals surface area contributed by atoms with E-state index in [-0.39, 0.29) is 31.4 Å². The van der Waals surface area contributed by atoms with Gasteiger partial charge in [0.2, 0.25) is 18.6 Å². The second kappa shape index (κ2) is 14.0. The lowest BCUT2D eigenvalue weighted by Crippen LogP contribution is -2.65. The number of rotatable bonds is 10. The van der Waals surface area contributed by atoms with Crippen molar-refractivity contribution in [1.29, 1.82) is 0 Å². The van der Waals surface area contributed by atoms with Crippen LogP contribution >= 0.6 is 0 Å². The average molecular weight is 689 g/mol. The van der Waals surface area contributed by atoms with Gasteiger partial charge in [0.05, 0.1) is 41.3 Å². The minimum Gasteiger partial charge on any atom is -0.427 e.